The van der Waals surface area contributed by atoms with Crippen molar-refractivity contribution >= 4 is 11.6 Å². The van der Waals surface area contributed by atoms with Gasteiger partial charge in [0.15, 0.2) is 17.7 Å². The summed E-state index contributed by atoms with van der Waals surface area (Å²) in [4.78, 5) is 11.6. The molecule has 0 aliphatic heterocycles. The van der Waals surface area contributed by atoms with Crippen LogP contribution in [-0.2, 0) is 4.79 Å². The Morgan fingerprint density at radius 1 is 1.59 bits per heavy atom. The molecule has 2 rings (SSSR count). The van der Waals surface area contributed by atoms with Crippen LogP contribution in [0.15, 0.2) is 18.2 Å². The first kappa shape index (κ1) is 11.7. The summed E-state index contributed by atoms with van der Waals surface area (Å²) in [5.41, 5.74) is 5.74. The standard InChI is InChI=1S/C12H15FN2O2/c1-7(12(16)15-9-3-4-9)17-11-5-2-8(14)6-10(11)13/h2,5-7,9H,3-4,14H2,1H3,(H,15,16). The number of halogens is 1. The molecule has 0 bridgehead atoms. The van der Waals surface area contributed by atoms with Crippen LogP contribution in [0.3, 0.4) is 0 Å². The molecule has 0 spiro atoms. The first-order valence-corrected chi connectivity index (χ1v) is 5.58. The van der Waals surface area contributed by atoms with Gasteiger partial charge in [0, 0.05) is 17.8 Å². The molecule has 17 heavy (non-hydrogen) atoms. The van der Waals surface area contributed by atoms with Crippen LogP contribution in [0.2, 0.25) is 0 Å². The molecule has 1 fully saturated rings. The van der Waals surface area contributed by atoms with Gasteiger partial charge in [-0.2, -0.15) is 0 Å². The minimum absolute atomic E-state index is 0.0395. The van der Waals surface area contributed by atoms with Gasteiger partial charge in [0.1, 0.15) is 0 Å². The van der Waals surface area contributed by atoms with Gasteiger partial charge in [-0.3, -0.25) is 4.79 Å². The fourth-order valence-corrected chi connectivity index (χ4v) is 1.40. The topological polar surface area (TPSA) is 64.3 Å². The summed E-state index contributed by atoms with van der Waals surface area (Å²) in [6.45, 7) is 1.59. The molecule has 1 atom stereocenters. The van der Waals surface area contributed by atoms with Crippen LogP contribution in [-0.4, -0.2) is 18.1 Å². The Morgan fingerprint density at radius 2 is 2.29 bits per heavy atom. The summed E-state index contributed by atoms with van der Waals surface area (Å²) < 4.78 is 18.7. The number of nitrogens with two attached hydrogens (primary N) is 1. The van der Waals surface area contributed by atoms with Crippen molar-refractivity contribution in [1.29, 1.82) is 0 Å². The lowest BCUT2D eigenvalue weighted by Gasteiger charge is -2.15. The van der Waals surface area contributed by atoms with Gasteiger partial charge in [-0.25, -0.2) is 4.39 Å². The number of nitrogens with one attached hydrogen (secondary N) is 1. The van der Waals surface area contributed by atoms with Gasteiger partial charge in [0.05, 0.1) is 0 Å². The van der Waals surface area contributed by atoms with Crippen molar-refractivity contribution in [3.8, 4) is 5.75 Å². The first-order valence-electron chi connectivity index (χ1n) is 5.58. The average molecular weight is 238 g/mol. The van der Waals surface area contributed by atoms with E-state index < -0.39 is 11.9 Å². The first-order chi connectivity index (χ1) is 8.06. The van der Waals surface area contributed by atoms with Crippen LogP contribution in [0.1, 0.15) is 19.8 Å². The lowest BCUT2D eigenvalue weighted by atomic mass is 10.3. The molecule has 1 amide bonds. The molecule has 1 aromatic rings. The second kappa shape index (κ2) is 4.61. The monoisotopic (exact) mass is 238 g/mol. The summed E-state index contributed by atoms with van der Waals surface area (Å²) >= 11 is 0. The second-order valence-electron chi connectivity index (χ2n) is 4.23. The summed E-state index contributed by atoms with van der Waals surface area (Å²) in [7, 11) is 0. The van der Waals surface area contributed by atoms with Crippen molar-refractivity contribution in [3.63, 3.8) is 0 Å². The Kier molecular flexibility index (Phi) is 3.17. The minimum Gasteiger partial charge on any atom is -0.478 e. The summed E-state index contributed by atoms with van der Waals surface area (Å²) in [5.74, 6) is -0.738. The molecule has 3 N–H and O–H groups in total. The van der Waals surface area contributed by atoms with Crippen molar-refractivity contribution in [2.24, 2.45) is 0 Å². The smallest absolute Gasteiger partial charge is 0.260 e. The van der Waals surface area contributed by atoms with Gasteiger partial charge in [-0.05, 0) is 31.9 Å². The van der Waals surface area contributed by atoms with E-state index in [-0.39, 0.29) is 17.7 Å². The average Bonchev–Trinajstić information content (AvgIpc) is 3.06. The van der Waals surface area contributed by atoms with Crippen molar-refractivity contribution in [2.75, 3.05) is 5.73 Å². The van der Waals surface area contributed by atoms with E-state index in [1.165, 1.54) is 18.2 Å². The number of hydrogen-bond donors (Lipinski definition) is 2. The number of amides is 1. The number of carbonyl (C=O) groups excluding carboxylic acids is 1. The van der Waals surface area contributed by atoms with E-state index >= 15 is 0 Å². The highest BCUT2D eigenvalue weighted by Crippen LogP contribution is 2.22. The third kappa shape index (κ3) is 3.09. The number of rotatable bonds is 4. The van der Waals surface area contributed by atoms with Crippen molar-refractivity contribution < 1.29 is 13.9 Å². The van der Waals surface area contributed by atoms with E-state index in [1.807, 2.05) is 0 Å². The van der Waals surface area contributed by atoms with Gasteiger partial charge in [0.2, 0.25) is 0 Å². The maximum Gasteiger partial charge on any atom is 0.260 e. The second-order valence-corrected chi connectivity index (χ2v) is 4.23. The number of nitrogen functional groups attached to an aromatic ring is 1. The van der Waals surface area contributed by atoms with Crippen LogP contribution in [0.25, 0.3) is 0 Å². The zero-order valence-corrected chi connectivity index (χ0v) is 9.57. The predicted octanol–water partition coefficient (Wildman–Crippen LogP) is 1.45. The van der Waals surface area contributed by atoms with Crippen molar-refractivity contribution in [1.82, 2.24) is 5.32 Å². The molecule has 5 heteroatoms. The molecule has 0 heterocycles. The number of anilines is 1. The molecule has 1 aliphatic rings. The van der Waals surface area contributed by atoms with Gasteiger partial charge < -0.3 is 15.8 Å². The lowest BCUT2D eigenvalue weighted by molar-refractivity contribution is -0.127. The molecule has 0 aromatic heterocycles. The summed E-state index contributed by atoms with van der Waals surface area (Å²) in [6.07, 6.45) is 1.30. The molecular weight excluding hydrogens is 223 g/mol. The van der Waals surface area contributed by atoms with E-state index in [2.05, 4.69) is 5.32 Å². The van der Waals surface area contributed by atoms with E-state index in [0.717, 1.165) is 12.8 Å². The van der Waals surface area contributed by atoms with E-state index in [0.29, 0.717) is 5.69 Å². The summed E-state index contributed by atoms with van der Waals surface area (Å²) in [5, 5.41) is 2.79. The molecule has 1 aliphatic carbocycles. The minimum atomic E-state index is -0.714. The third-order valence-electron chi connectivity index (χ3n) is 2.55. The number of carbonyl (C=O) groups is 1. The quantitative estimate of drug-likeness (QED) is 0.780. The maximum atomic E-state index is 13.4. The van der Waals surface area contributed by atoms with Crippen LogP contribution in [0.5, 0.6) is 5.75 Å². The normalized spacial score (nSPS) is 16.4. The zero-order valence-electron chi connectivity index (χ0n) is 9.57. The number of benzene rings is 1. The van der Waals surface area contributed by atoms with Gasteiger partial charge in [0.25, 0.3) is 5.91 Å². The molecule has 1 unspecified atom stereocenters. The van der Waals surface area contributed by atoms with Crippen LogP contribution in [0.4, 0.5) is 10.1 Å². The Hall–Kier alpha value is -1.78. The fourth-order valence-electron chi connectivity index (χ4n) is 1.40. The van der Waals surface area contributed by atoms with Gasteiger partial charge in [-0.15, -0.1) is 0 Å². The van der Waals surface area contributed by atoms with Crippen LogP contribution >= 0.6 is 0 Å². The lowest BCUT2D eigenvalue weighted by Crippen LogP contribution is -2.37. The van der Waals surface area contributed by atoms with E-state index in [4.69, 9.17) is 10.5 Å². The Balaban J connectivity index is 1.96. The molecule has 92 valence electrons. The fraction of sp³-hybridized carbons (Fsp3) is 0.417. The summed E-state index contributed by atoms with van der Waals surface area (Å²) in [6, 6.07) is 4.39. The highest BCUT2D eigenvalue weighted by molar-refractivity contribution is 5.81. The molecule has 0 radical (unpaired) electrons. The van der Waals surface area contributed by atoms with Gasteiger partial charge in [-0.1, -0.05) is 0 Å². The number of ether oxygens (including phenoxy) is 1. The van der Waals surface area contributed by atoms with Crippen LogP contribution in [0, 0.1) is 5.82 Å². The Labute approximate surface area is 98.9 Å². The molecule has 0 saturated heterocycles. The Morgan fingerprint density at radius 3 is 2.88 bits per heavy atom. The SMILES string of the molecule is CC(Oc1ccc(N)cc1F)C(=O)NC1CC1. The molecule has 1 saturated carbocycles. The van der Waals surface area contributed by atoms with E-state index in [1.54, 1.807) is 6.92 Å². The Bertz CT molecular complexity index is 433. The highest BCUT2D eigenvalue weighted by Gasteiger charge is 2.26. The van der Waals surface area contributed by atoms with Crippen LogP contribution < -0.4 is 15.8 Å². The number of hydrogen-bond acceptors (Lipinski definition) is 3. The molecule has 4 nitrogen and oxygen atoms in total. The maximum absolute atomic E-state index is 13.4. The van der Waals surface area contributed by atoms with Crippen molar-refractivity contribution in [2.45, 2.75) is 31.9 Å². The molecular formula is C12H15FN2O2. The predicted molar refractivity (Wildman–Crippen MR) is 62.1 cm³/mol. The highest BCUT2D eigenvalue weighted by atomic mass is 19.1. The van der Waals surface area contributed by atoms with Crippen molar-refractivity contribution in [3.05, 3.63) is 24.0 Å². The molecule has 1 aromatic carbocycles. The zero-order chi connectivity index (χ0) is 12.4. The third-order valence-corrected chi connectivity index (χ3v) is 2.55. The van der Waals surface area contributed by atoms with Gasteiger partial charge >= 0.3 is 0 Å². The largest absolute Gasteiger partial charge is 0.478 e. The van der Waals surface area contributed by atoms with E-state index in [9.17, 15) is 9.18 Å².